The van der Waals surface area contributed by atoms with Gasteiger partial charge in [-0.15, -0.1) is 0 Å². The molecule has 0 unspecified atom stereocenters. The molecule has 1 N–H and O–H groups in total. The third kappa shape index (κ3) is 3.74. The van der Waals surface area contributed by atoms with E-state index < -0.39 is 12.2 Å². The zero-order chi connectivity index (χ0) is 22.1. The molecule has 1 amide bonds. The molecule has 3 heterocycles. The molecule has 2 saturated carbocycles. The van der Waals surface area contributed by atoms with E-state index in [4.69, 9.17) is 0 Å². The summed E-state index contributed by atoms with van der Waals surface area (Å²) in [6.07, 6.45) is 1.21. The summed E-state index contributed by atoms with van der Waals surface area (Å²) in [5.41, 5.74) is 0.381. The molecule has 31 heavy (non-hydrogen) atoms. The fourth-order valence-electron chi connectivity index (χ4n) is 6.13. The number of hydrogen-bond donors (Lipinski definition) is 1. The summed E-state index contributed by atoms with van der Waals surface area (Å²) in [5, 5.41) is 7.72. The minimum Gasteiger partial charge on any atom is -0.367 e. The molecule has 3 fully saturated rings. The molecule has 2 aliphatic heterocycles. The molecule has 2 aliphatic carbocycles. The molecule has 0 radical (unpaired) electrons. The van der Waals surface area contributed by atoms with Crippen molar-refractivity contribution in [1.29, 1.82) is 0 Å². The van der Waals surface area contributed by atoms with Gasteiger partial charge in [-0.05, 0) is 42.9 Å². The molecule has 5 atom stereocenters. The molecule has 0 aromatic carbocycles. The maximum atomic E-state index is 13.8. The Bertz CT molecular complexity index is 846. The number of nitrogens with one attached hydrogen (secondary N) is 1. The minimum atomic E-state index is -4.34. The van der Waals surface area contributed by atoms with E-state index in [0.717, 1.165) is 11.1 Å². The van der Waals surface area contributed by atoms with Gasteiger partial charge in [-0.3, -0.25) is 4.79 Å². The molecular formula is C23H33F3N4O. The molecule has 1 saturated heterocycles. The van der Waals surface area contributed by atoms with Crippen molar-refractivity contribution in [3.8, 4) is 0 Å². The summed E-state index contributed by atoms with van der Waals surface area (Å²) in [4.78, 5) is 15.0. The van der Waals surface area contributed by atoms with Crippen molar-refractivity contribution in [2.24, 2.45) is 23.2 Å². The summed E-state index contributed by atoms with van der Waals surface area (Å²) in [6, 6.07) is -0.113. The highest BCUT2D eigenvalue weighted by molar-refractivity contribution is 5.82. The number of nitrogens with zero attached hydrogens (tertiary/aromatic N) is 3. The number of carbonyl (C=O) groups is 1. The summed E-state index contributed by atoms with van der Waals surface area (Å²) < 4.78 is 42.6. The number of rotatable bonds is 2. The van der Waals surface area contributed by atoms with Crippen LogP contribution in [0.2, 0.25) is 0 Å². The predicted octanol–water partition coefficient (Wildman–Crippen LogP) is 4.97. The molecule has 0 spiro atoms. The molecule has 4 aliphatic rings. The highest BCUT2D eigenvalue weighted by atomic mass is 19.4. The number of hydrogen-bond acceptors (Lipinski definition) is 3. The molecule has 1 aromatic heterocycles. The molecule has 0 bridgehead atoms. The third-order valence-electron chi connectivity index (χ3n) is 8.11. The van der Waals surface area contributed by atoms with Crippen molar-refractivity contribution in [3.63, 3.8) is 0 Å². The van der Waals surface area contributed by atoms with Crippen LogP contribution in [0, 0.1) is 23.2 Å². The third-order valence-corrected chi connectivity index (χ3v) is 8.11. The van der Waals surface area contributed by atoms with Crippen molar-refractivity contribution >= 4 is 11.7 Å². The first-order chi connectivity index (χ1) is 14.5. The van der Waals surface area contributed by atoms with E-state index in [1.54, 1.807) is 6.07 Å². The monoisotopic (exact) mass is 438 g/mol. The van der Waals surface area contributed by atoms with Gasteiger partial charge in [-0.1, -0.05) is 33.6 Å². The van der Waals surface area contributed by atoms with Crippen LogP contribution >= 0.6 is 0 Å². The Morgan fingerprint density at radius 3 is 2.42 bits per heavy atom. The Kier molecular flexibility index (Phi) is 4.87. The first kappa shape index (κ1) is 21.1. The zero-order valence-electron chi connectivity index (χ0n) is 18.6. The molecule has 5 rings (SSSR count). The lowest BCUT2D eigenvalue weighted by atomic mass is 9.82. The maximum absolute atomic E-state index is 13.8. The Hall–Kier alpha value is -1.73. The van der Waals surface area contributed by atoms with Crippen molar-refractivity contribution < 1.29 is 18.0 Å². The lowest BCUT2D eigenvalue weighted by Crippen LogP contribution is -2.44. The first-order valence-electron chi connectivity index (χ1n) is 11.8. The summed E-state index contributed by atoms with van der Waals surface area (Å²) in [7, 11) is 0. The summed E-state index contributed by atoms with van der Waals surface area (Å²) in [5.74, 6) is 2.06. The van der Waals surface area contributed by atoms with Gasteiger partial charge in [-0.25, -0.2) is 4.68 Å². The number of aromatic nitrogens is 2. The van der Waals surface area contributed by atoms with Crippen LogP contribution in [-0.4, -0.2) is 45.9 Å². The minimum absolute atomic E-state index is 0.00611. The van der Waals surface area contributed by atoms with Gasteiger partial charge in [0.15, 0.2) is 6.04 Å². The van der Waals surface area contributed by atoms with E-state index >= 15 is 0 Å². The standard InChI is InChI=1S/C23H33F3N4O/c1-22(2,3)17-11-18(23(24,25)26)30-19(27-17)10-16(28-30)13-8-9-29(12-13)21(31)20-14-6-4-5-7-15(14)20/h10,13-15,17-18,20,27H,4-9,11-12H2,1-3H3/t13-,14+,15+,17+,18-/m1/s1. The SMILES string of the molecule is CC(C)(C)[C@@H]1C[C@H](C(F)(F)F)n2nc([C@@H]3CCN(C(=O)C4[C@H]5CCCC[C@H]45)C3)cc2N1. The van der Waals surface area contributed by atoms with Crippen LogP contribution in [0.3, 0.4) is 0 Å². The fourth-order valence-corrected chi connectivity index (χ4v) is 6.13. The molecule has 5 nitrogen and oxygen atoms in total. The normalized spacial score (nSPS) is 35.4. The van der Waals surface area contributed by atoms with E-state index in [1.807, 2.05) is 25.7 Å². The van der Waals surface area contributed by atoms with Crippen molar-refractivity contribution in [2.75, 3.05) is 18.4 Å². The fraction of sp³-hybridized carbons (Fsp3) is 0.826. The number of anilines is 1. The Balaban J connectivity index is 1.32. The van der Waals surface area contributed by atoms with E-state index in [-0.39, 0.29) is 35.6 Å². The second kappa shape index (κ2) is 7.14. The molecular weight excluding hydrogens is 405 g/mol. The van der Waals surface area contributed by atoms with E-state index in [0.29, 0.717) is 36.4 Å². The largest absolute Gasteiger partial charge is 0.410 e. The zero-order valence-corrected chi connectivity index (χ0v) is 18.6. The molecule has 1 aromatic rings. The first-order valence-corrected chi connectivity index (χ1v) is 11.8. The van der Waals surface area contributed by atoms with Gasteiger partial charge in [0.05, 0.1) is 5.69 Å². The highest BCUT2D eigenvalue weighted by Crippen LogP contribution is 2.56. The topological polar surface area (TPSA) is 50.2 Å². The van der Waals surface area contributed by atoms with Crippen molar-refractivity contribution in [2.45, 2.75) is 83.5 Å². The van der Waals surface area contributed by atoms with Crippen molar-refractivity contribution in [3.05, 3.63) is 11.8 Å². The summed E-state index contributed by atoms with van der Waals surface area (Å²) >= 11 is 0. The summed E-state index contributed by atoms with van der Waals surface area (Å²) in [6.45, 7) is 7.13. The molecule has 8 heteroatoms. The van der Waals surface area contributed by atoms with Gasteiger partial charge in [0.2, 0.25) is 5.91 Å². The van der Waals surface area contributed by atoms with Gasteiger partial charge in [0.1, 0.15) is 5.82 Å². The van der Waals surface area contributed by atoms with Gasteiger partial charge in [0, 0.05) is 37.0 Å². The number of carbonyl (C=O) groups excluding carboxylic acids is 1. The van der Waals surface area contributed by atoms with Crippen LogP contribution in [0.5, 0.6) is 0 Å². The van der Waals surface area contributed by atoms with Gasteiger partial charge < -0.3 is 10.2 Å². The smallest absolute Gasteiger partial charge is 0.367 e. The van der Waals surface area contributed by atoms with Crippen LogP contribution < -0.4 is 5.32 Å². The predicted molar refractivity (Wildman–Crippen MR) is 112 cm³/mol. The molecule has 172 valence electrons. The van der Waals surface area contributed by atoms with Gasteiger partial charge in [-0.2, -0.15) is 18.3 Å². The number of fused-ring (bicyclic) bond motifs is 2. The van der Waals surface area contributed by atoms with Crippen molar-refractivity contribution in [1.82, 2.24) is 14.7 Å². The van der Waals surface area contributed by atoms with Crippen LogP contribution in [0.15, 0.2) is 6.07 Å². The van der Waals surface area contributed by atoms with Crippen LogP contribution in [-0.2, 0) is 4.79 Å². The van der Waals surface area contributed by atoms with E-state index in [1.165, 1.54) is 25.7 Å². The Morgan fingerprint density at radius 1 is 1.13 bits per heavy atom. The average molecular weight is 439 g/mol. The van der Waals surface area contributed by atoms with Crippen LogP contribution in [0.4, 0.5) is 19.0 Å². The number of alkyl halides is 3. The number of likely N-dealkylation sites (tertiary alicyclic amines) is 1. The van der Waals surface area contributed by atoms with Crippen LogP contribution in [0.25, 0.3) is 0 Å². The quantitative estimate of drug-likeness (QED) is 0.709. The Labute approximate surface area is 181 Å². The maximum Gasteiger partial charge on any atom is 0.410 e. The lowest BCUT2D eigenvalue weighted by molar-refractivity contribution is -0.175. The van der Waals surface area contributed by atoms with Gasteiger partial charge >= 0.3 is 6.18 Å². The van der Waals surface area contributed by atoms with E-state index in [2.05, 4.69) is 10.4 Å². The van der Waals surface area contributed by atoms with E-state index in [9.17, 15) is 18.0 Å². The highest BCUT2D eigenvalue weighted by Gasteiger charge is 2.56. The number of amides is 1. The number of halogens is 3. The average Bonchev–Trinajstić information content (AvgIpc) is 3.02. The Morgan fingerprint density at radius 2 is 1.81 bits per heavy atom. The second-order valence-corrected chi connectivity index (χ2v) is 11.2. The van der Waals surface area contributed by atoms with Gasteiger partial charge in [0.25, 0.3) is 0 Å². The lowest BCUT2D eigenvalue weighted by Gasteiger charge is -2.39. The second-order valence-electron chi connectivity index (χ2n) is 11.2. The van der Waals surface area contributed by atoms with Crippen LogP contribution in [0.1, 0.15) is 76.9 Å².